The molecular formula is C13H17ClN2O3S. The van der Waals surface area contributed by atoms with E-state index in [0.717, 1.165) is 6.42 Å². The fraction of sp³-hybridized carbons (Fsp3) is 0.462. The monoisotopic (exact) mass is 316 g/mol. The predicted octanol–water partition coefficient (Wildman–Crippen LogP) is 1.89. The van der Waals surface area contributed by atoms with Crippen LogP contribution < -0.4 is 5.32 Å². The minimum absolute atomic E-state index is 0.190. The highest BCUT2D eigenvalue weighted by molar-refractivity contribution is 7.89. The van der Waals surface area contributed by atoms with Crippen LogP contribution in [0.1, 0.15) is 13.3 Å². The maximum absolute atomic E-state index is 12.4. The van der Waals surface area contributed by atoms with Gasteiger partial charge in [0.2, 0.25) is 15.9 Å². The minimum atomic E-state index is -3.46. The average molecular weight is 317 g/mol. The highest BCUT2D eigenvalue weighted by atomic mass is 35.5. The summed E-state index contributed by atoms with van der Waals surface area (Å²) in [6.07, 6.45) is 0.798. The van der Waals surface area contributed by atoms with Crippen LogP contribution in [-0.4, -0.2) is 37.6 Å². The molecule has 0 spiro atoms. The first kappa shape index (κ1) is 15.3. The van der Waals surface area contributed by atoms with Gasteiger partial charge in [-0.2, -0.15) is 4.31 Å². The lowest BCUT2D eigenvalue weighted by atomic mass is 10.2. The van der Waals surface area contributed by atoms with E-state index in [-0.39, 0.29) is 16.7 Å². The Bertz CT molecular complexity index is 586. The molecule has 1 saturated heterocycles. The van der Waals surface area contributed by atoms with Crippen molar-refractivity contribution in [2.45, 2.75) is 18.2 Å². The number of alkyl halides is 1. The van der Waals surface area contributed by atoms with Crippen molar-refractivity contribution >= 4 is 33.2 Å². The molecule has 1 fully saturated rings. The Morgan fingerprint density at radius 2 is 2.05 bits per heavy atom. The molecule has 1 unspecified atom stereocenters. The molecule has 0 radical (unpaired) electrons. The first-order valence-electron chi connectivity index (χ1n) is 6.37. The predicted molar refractivity (Wildman–Crippen MR) is 78.3 cm³/mol. The van der Waals surface area contributed by atoms with Gasteiger partial charge in [0.05, 0.1) is 4.90 Å². The Hall–Kier alpha value is -1.11. The van der Waals surface area contributed by atoms with Crippen LogP contribution in [0.4, 0.5) is 5.69 Å². The Morgan fingerprint density at radius 1 is 1.40 bits per heavy atom. The van der Waals surface area contributed by atoms with E-state index in [1.165, 1.54) is 23.4 Å². The van der Waals surface area contributed by atoms with E-state index in [4.69, 9.17) is 11.6 Å². The number of hydrogen-bond donors (Lipinski definition) is 1. The van der Waals surface area contributed by atoms with Crippen LogP contribution in [0, 0.1) is 5.92 Å². The summed E-state index contributed by atoms with van der Waals surface area (Å²) in [6, 6.07) is 6.19. The number of halogens is 1. The zero-order chi connectivity index (χ0) is 14.8. The molecule has 5 nitrogen and oxygen atoms in total. The molecule has 0 aromatic heterocycles. The van der Waals surface area contributed by atoms with Crippen LogP contribution in [0.25, 0.3) is 0 Å². The van der Waals surface area contributed by atoms with Crippen LogP contribution in [0.15, 0.2) is 29.2 Å². The maximum atomic E-state index is 12.4. The van der Waals surface area contributed by atoms with Gasteiger partial charge in [-0.05, 0) is 36.6 Å². The van der Waals surface area contributed by atoms with E-state index in [2.05, 4.69) is 5.32 Å². The van der Waals surface area contributed by atoms with Crippen molar-refractivity contribution in [3.05, 3.63) is 24.3 Å². The molecule has 1 amide bonds. The highest BCUT2D eigenvalue weighted by Crippen LogP contribution is 2.25. The lowest BCUT2D eigenvalue weighted by molar-refractivity contribution is -0.114. The van der Waals surface area contributed by atoms with E-state index < -0.39 is 10.0 Å². The lowest BCUT2D eigenvalue weighted by Gasteiger charge is -2.16. The third-order valence-electron chi connectivity index (χ3n) is 3.28. The van der Waals surface area contributed by atoms with Crippen LogP contribution in [0.5, 0.6) is 0 Å². The van der Waals surface area contributed by atoms with Gasteiger partial charge >= 0.3 is 0 Å². The second kappa shape index (κ2) is 6.11. The van der Waals surface area contributed by atoms with Crippen LogP contribution in [0.2, 0.25) is 0 Å². The zero-order valence-electron chi connectivity index (χ0n) is 11.2. The molecule has 110 valence electrons. The molecule has 1 aromatic rings. The minimum Gasteiger partial charge on any atom is -0.326 e. The summed E-state index contributed by atoms with van der Waals surface area (Å²) >= 11 is 5.78. The SMILES string of the molecule is CC(=O)Nc1ccc(S(=O)(=O)N2CCC(CCl)C2)cc1. The molecule has 20 heavy (non-hydrogen) atoms. The van der Waals surface area contributed by atoms with Crippen molar-refractivity contribution in [1.29, 1.82) is 0 Å². The van der Waals surface area contributed by atoms with Gasteiger partial charge in [-0.15, -0.1) is 11.6 Å². The van der Waals surface area contributed by atoms with Crippen molar-refractivity contribution in [2.75, 3.05) is 24.3 Å². The Kier molecular flexibility index (Phi) is 4.67. The van der Waals surface area contributed by atoms with Crippen LogP contribution >= 0.6 is 11.6 Å². The number of nitrogens with one attached hydrogen (secondary N) is 1. The quantitative estimate of drug-likeness (QED) is 0.863. The third-order valence-corrected chi connectivity index (χ3v) is 5.60. The van der Waals surface area contributed by atoms with Crippen LogP contribution in [-0.2, 0) is 14.8 Å². The van der Waals surface area contributed by atoms with E-state index in [1.807, 2.05) is 0 Å². The first-order chi connectivity index (χ1) is 9.43. The second-order valence-electron chi connectivity index (χ2n) is 4.88. The number of sulfonamides is 1. The molecule has 1 aromatic carbocycles. The first-order valence-corrected chi connectivity index (χ1v) is 8.34. The van der Waals surface area contributed by atoms with Crippen molar-refractivity contribution < 1.29 is 13.2 Å². The Morgan fingerprint density at radius 3 is 2.55 bits per heavy atom. The van der Waals surface area contributed by atoms with Crippen molar-refractivity contribution in [1.82, 2.24) is 4.31 Å². The number of nitrogens with zero attached hydrogens (tertiary/aromatic N) is 1. The van der Waals surface area contributed by atoms with Gasteiger partial charge in [0.1, 0.15) is 0 Å². The van der Waals surface area contributed by atoms with E-state index in [1.54, 1.807) is 12.1 Å². The second-order valence-corrected chi connectivity index (χ2v) is 7.12. The summed E-state index contributed by atoms with van der Waals surface area (Å²) in [4.78, 5) is 11.2. The summed E-state index contributed by atoms with van der Waals surface area (Å²) in [6.45, 7) is 2.38. The van der Waals surface area contributed by atoms with Crippen molar-refractivity contribution in [3.8, 4) is 0 Å². The number of rotatable bonds is 4. The molecular weight excluding hydrogens is 300 g/mol. The average Bonchev–Trinajstić information content (AvgIpc) is 2.88. The molecule has 1 N–H and O–H groups in total. The van der Waals surface area contributed by atoms with Gasteiger partial charge in [0, 0.05) is 31.6 Å². The molecule has 0 bridgehead atoms. The summed E-state index contributed by atoms with van der Waals surface area (Å²) in [5.41, 5.74) is 0.580. The molecule has 0 aliphatic carbocycles. The topological polar surface area (TPSA) is 66.5 Å². The number of hydrogen-bond acceptors (Lipinski definition) is 3. The smallest absolute Gasteiger partial charge is 0.243 e. The molecule has 2 rings (SSSR count). The molecule has 7 heteroatoms. The number of carbonyl (C=O) groups is 1. The van der Waals surface area contributed by atoms with Gasteiger partial charge in [-0.25, -0.2) is 8.42 Å². The Balaban J connectivity index is 2.16. The molecule has 1 heterocycles. The summed E-state index contributed by atoms with van der Waals surface area (Å²) in [5.74, 6) is 0.517. The van der Waals surface area contributed by atoms with Gasteiger partial charge in [0.15, 0.2) is 0 Å². The Labute approximate surface area is 124 Å². The number of carbonyl (C=O) groups excluding carboxylic acids is 1. The normalized spacial score (nSPS) is 20.0. The number of benzene rings is 1. The van der Waals surface area contributed by atoms with E-state index in [9.17, 15) is 13.2 Å². The molecule has 1 aliphatic rings. The van der Waals surface area contributed by atoms with E-state index in [0.29, 0.717) is 24.7 Å². The highest BCUT2D eigenvalue weighted by Gasteiger charge is 2.31. The largest absolute Gasteiger partial charge is 0.326 e. The van der Waals surface area contributed by atoms with Crippen molar-refractivity contribution in [3.63, 3.8) is 0 Å². The van der Waals surface area contributed by atoms with Gasteiger partial charge in [-0.1, -0.05) is 0 Å². The molecule has 1 atom stereocenters. The summed E-state index contributed by atoms with van der Waals surface area (Å²) in [7, 11) is -3.46. The molecule has 0 saturated carbocycles. The maximum Gasteiger partial charge on any atom is 0.243 e. The number of anilines is 1. The fourth-order valence-electron chi connectivity index (χ4n) is 2.20. The third kappa shape index (κ3) is 3.31. The zero-order valence-corrected chi connectivity index (χ0v) is 12.7. The number of amides is 1. The molecule has 1 aliphatic heterocycles. The standard InChI is InChI=1S/C13H17ClN2O3S/c1-10(17)15-12-2-4-13(5-3-12)20(18,19)16-7-6-11(8-14)9-16/h2-5,11H,6-9H2,1H3,(H,15,17). The van der Waals surface area contributed by atoms with Crippen molar-refractivity contribution in [2.24, 2.45) is 5.92 Å². The van der Waals surface area contributed by atoms with Gasteiger partial charge in [0.25, 0.3) is 0 Å². The lowest BCUT2D eigenvalue weighted by Crippen LogP contribution is -2.29. The fourth-order valence-corrected chi connectivity index (χ4v) is 3.99. The van der Waals surface area contributed by atoms with Gasteiger partial charge < -0.3 is 5.32 Å². The van der Waals surface area contributed by atoms with Gasteiger partial charge in [-0.3, -0.25) is 4.79 Å². The van der Waals surface area contributed by atoms with Crippen LogP contribution in [0.3, 0.4) is 0 Å². The summed E-state index contributed by atoms with van der Waals surface area (Å²) < 4.78 is 26.3. The summed E-state index contributed by atoms with van der Waals surface area (Å²) in [5, 5.41) is 2.60. The van der Waals surface area contributed by atoms with E-state index >= 15 is 0 Å².